The van der Waals surface area contributed by atoms with Gasteiger partial charge in [-0.25, -0.2) is 4.98 Å². The maximum atomic E-state index is 10.4. The first-order chi connectivity index (χ1) is 5.59. The Morgan fingerprint density at radius 2 is 2.25 bits per heavy atom. The molecule has 4 heteroatoms. The van der Waals surface area contributed by atoms with Crippen molar-refractivity contribution in [3.63, 3.8) is 0 Å². The largest absolute Gasteiger partial charge is 0.366 e. The van der Waals surface area contributed by atoms with E-state index in [0.29, 0.717) is 0 Å². The summed E-state index contributed by atoms with van der Waals surface area (Å²) in [7, 11) is 0. The number of aryl methyl sites for hydroxylation is 2. The molecule has 2 N–H and O–H groups in total. The van der Waals surface area contributed by atoms with Crippen molar-refractivity contribution < 1.29 is 4.79 Å². The number of carbonyl (C=O) groups excluding carboxylic acids is 1. The van der Waals surface area contributed by atoms with Gasteiger partial charge in [-0.3, -0.25) is 4.79 Å². The maximum absolute atomic E-state index is 10.4. The van der Waals surface area contributed by atoms with E-state index in [9.17, 15) is 4.79 Å². The molecular weight excluding hydrogens is 172 g/mol. The maximum Gasteiger partial charge on any atom is 0.241 e. The Bertz CT molecular complexity index is 328. The Balaban J connectivity index is 2.89. The van der Waals surface area contributed by atoms with E-state index in [-0.39, 0.29) is 0 Å². The lowest BCUT2D eigenvalue weighted by Crippen LogP contribution is -2.04. The first-order valence-electron chi connectivity index (χ1n) is 3.51. The number of nitrogens with two attached hydrogens (primary N) is 1. The molecule has 0 aliphatic carbocycles. The van der Waals surface area contributed by atoms with Crippen LogP contribution in [0, 0.1) is 13.8 Å². The van der Waals surface area contributed by atoms with E-state index in [1.165, 1.54) is 6.08 Å². The van der Waals surface area contributed by atoms with Gasteiger partial charge >= 0.3 is 0 Å². The van der Waals surface area contributed by atoms with E-state index < -0.39 is 5.91 Å². The minimum atomic E-state index is -0.430. The van der Waals surface area contributed by atoms with E-state index in [4.69, 9.17) is 5.73 Å². The van der Waals surface area contributed by atoms with Gasteiger partial charge in [0.15, 0.2) is 0 Å². The summed E-state index contributed by atoms with van der Waals surface area (Å²) < 4.78 is 0. The molecule has 0 saturated carbocycles. The van der Waals surface area contributed by atoms with Crippen LogP contribution in [0.25, 0.3) is 6.08 Å². The first kappa shape index (κ1) is 8.93. The predicted octanol–water partition coefficient (Wildman–Crippen LogP) is 1.26. The fourth-order valence-corrected chi connectivity index (χ4v) is 1.69. The van der Waals surface area contributed by atoms with Crippen molar-refractivity contribution in [2.45, 2.75) is 13.8 Å². The van der Waals surface area contributed by atoms with Crippen LogP contribution in [-0.2, 0) is 4.79 Å². The van der Waals surface area contributed by atoms with Gasteiger partial charge in [-0.15, -0.1) is 11.3 Å². The second kappa shape index (κ2) is 3.49. The van der Waals surface area contributed by atoms with Gasteiger partial charge in [-0.05, 0) is 19.9 Å². The molecule has 0 fully saturated rings. The lowest BCUT2D eigenvalue weighted by atomic mass is 10.3. The van der Waals surface area contributed by atoms with Crippen LogP contribution in [0.3, 0.4) is 0 Å². The topological polar surface area (TPSA) is 56.0 Å². The Kier molecular flexibility index (Phi) is 2.60. The van der Waals surface area contributed by atoms with Gasteiger partial charge in [0.25, 0.3) is 0 Å². The van der Waals surface area contributed by atoms with Crippen LogP contribution in [0.15, 0.2) is 6.08 Å². The van der Waals surface area contributed by atoms with Crippen LogP contribution in [0.4, 0.5) is 0 Å². The van der Waals surface area contributed by atoms with Crippen LogP contribution < -0.4 is 5.73 Å². The number of primary amides is 1. The molecule has 0 aliphatic rings. The molecule has 1 rings (SSSR count). The Morgan fingerprint density at radius 1 is 1.58 bits per heavy atom. The van der Waals surface area contributed by atoms with Gasteiger partial charge < -0.3 is 5.73 Å². The number of nitrogens with zero attached hydrogens (tertiary/aromatic N) is 1. The summed E-state index contributed by atoms with van der Waals surface area (Å²) >= 11 is 1.55. The minimum Gasteiger partial charge on any atom is -0.366 e. The molecule has 1 heterocycles. The number of hydrogen-bond donors (Lipinski definition) is 1. The van der Waals surface area contributed by atoms with Gasteiger partial charge in [0.05, 0.1) is 15.6 Å². The fourth-order valence-electron chi connectivity index (χ4n) is 0.860. The van der Waals surface area contributed by atoms with E-state index in [1.54, 1.807) is 17.4 Å². The zero-order valence-corrected chi connectivity index (χ0v) is 7.81. The van der Waals surface area contributed by atoms with Crippen molar-refractivity contribution >= 4 is 23.3 Å². The second-order valence-electron chi connectivity index (χ2n) is 2.42. The Labute approximate surface area is 74.9 Å². The lowest BCUT2D eigenvalue weighted by molar-refractivity contribution is -0.113. The quantitative estimate of drug-likeness (QED) is 0.700. The molecule has 1 aromatic heterocycles. The van der Waals surface area contributed by atoms with Gasteiger partial charge in [0, 0.05) is 6.08 Å². The SMILES string of the molecule is Cc1nc(C)c(C=CC(N)=O)s1. The highest BCUT2D eigenvalue weighted by Crippen LogP contribution is 2.18. The number of carbonyl (C=O) groups is 1. The number of rotatable bonds is 2. The lowest BCUT2D eigenvalue weighted by Gasteiger charge is -1.84. The number of thiazole rings is 1. The molecule has 12 heavy (non-hydrogen) atoms. The molecule has 1 aromatic rings. The van der Waals surface area contributed by atoms with Crippen LogP contribution in [0.5, 0.6) is 0 Å². The molecule has 64 valence electrons. The zero-order chi connectivity index (χ0) is 9.14. The number of amides is 1. The van der Waals surface area contributed by atoms with Crippen LogP contribution >= 0.6 is 11.3 Å². The fraction of sp³-hybridized carbons (Fsp3) is 0.250. The van der Waals surface area contributed by atoms with Crippen molar-refractivity contribution in [2.24, 2.45) is 5.73 Å². The Hall–Kier alpha value is -1.16. The smallest absolute Gasteiger partial charge is 0.241 e. The zero-order valence-electron chi connectivity index (χ0n) is 7.00. The van der Waals surface area contributed by atoms with Crippen LogP contribution in [-0.4, -0.2) is 10.9 Å². The molecule has 0 aromatic carbocycles. The Morgan fingerprint density at radius 3 is 2.67 bits per heavy atom. The minimum absolute atomic E-state index is 0.430. The molecule has 1 amide bonds. The molecule has 0 atom stereocenters. The summed E-state index contributed by atoms with van der Waals surface area (Å²) in [6.45, 7) is 3.84. The summed E-state index contributed by atoms with van der Waals surface area (Å²) in [5.41, 5.74) is 5.90. The third-order valence-electron chi connectivity index (χ3n) is 1.34. The first-order valence-corrected chi connectivity index (χ1v) is 4.33. The molecular formula is C8H10N2OS. The van der Waals surface area contributed by atoms with Crippen LogP contribution in [0.1, 0.15) is 15.6 Å². The van der Waals surface area contributed by atoms with Crippen LogP contribution in [0.2, 0.25) is 0 Å². The molecule has 3 nitrogen and oxygen atoms in total. The standard InChI is InChI=1S/C8H10N2OS/c1-5-7(3-4-8(9)11)12-6(2)10-5/h3-4H,1-2H3,(H2,9,11). The van der Waals surface area contributed by atoms with Gasteiger partial charge in [0.2, 0.25) is 5.91 Å². The van der Waals surface area contributed by atoms with E-state index in [0.717, 1.165) is 15.6 Å². The third-order valence-corrected chi connectivity index (χ3v) is 2.38. The van der Waals surface area contributed by atoms with Crippen molar-refractivity contribution in [3.05, 3.63) is 21.7 Å². The predicted molar refractivity (Wildman–Crippen MR) is 49.8 cm³/mol. The van der Waals surface area contributed by atoms with E-state index in [1.807, 2.05) is 13.8 Å². The average Bonchev–Trinajstić information content (AvgIpc) is 2.26. The average molecular weight is 182 g/mol. The van der Waals surface area contributed by atoms with Crippen molar-refractivity contribution in [1.29, 1.82) is 0 Å². The highest BCUT2D eigenvalue weighted by molar-refractivity contribution is 7.12. The van der Waals surface area contributed by atoms with E-state index >= 15 is 0 Å². The van der Waals surface area contributed by atoms with Crippen molar-refractivity contribution in [2.75, 3.05) is 0 Å². The monoisotopic (exact) mass is 182 g/mol. The molecule has 0 bridgehead atoms. The highest BCUT2D eigenvalue weighted by Gasteiger charge is 2.00. The normalized spacial score (nSPS) is 10.8. The summed E-state index contributed by atoms with van der Waals surface area (Å²) in [5.74, 6) is -0.430. The second-order valence-corrected chi connectivity index (χ2v) is 3.65. The van der Waals surface area contributed by atoms with E-state index in [2.05, 4.69) is 4.98 Å². The number of aromatic nitrogens is 1. The molecule has 0 radical (unpaired) electrons. The van der Waals surface area contributed by atoms with Gasteiger partial charge in [-0.1, -0.05) is 0 Å². The van der Waals surface area contributed by atoms with Gasteiger partial charge in [0.1, 0.15) is 0 Å². The van der Waals surface area contributed by atoms with Gasteiger partial charge in [-0.2, -0.15) is 0 Å². The van der Waals surface area contributed by atoms with Crippen molar-refractivity contribution in [3.8, 4) is 0 Å². The van der Waals surface area contributed by atoms with Crippen molar-refractivity contribution in [1.82, 2.24) is 4.98 Å². The highest BCUT2D eigenvalue weighted by atomic mass is 32.1. The summed E-state index contributed by atoms with van der Waals surface area (Å²) in [4.78, 5) is 15.6. The number of hydrogen-bond acceptors (Lipinski definition) is 3. The third kappa shape index (κ3) is 2.17. The molecule has 0 unspecified atom stereocenters. The summed E-state index contributed by atoms with van der Waals surface area (Å²) in [6, 6.07) is 0. The summed E-state index contributed by atoms with van der Waals surface area (Å²) in [6.07, 6.45) is 3.04. The molecule has 0 aliphatic heterocycles. The molecule has 0 saturated heterocycles. The summed E-state index contributed by atoms with van der Waals surface area (Å²) in [5, 5.41) is 0.997. The molecule has 0 spiro atoms.